The van der Waals surface area contributed by atoms with Crippen molar-refractivity contribution in [2.75, 3.05) is 13.1 Å². The van der Waals surface area contributed by atoms with Crippen LogP contribution in [-0.4, -0.2) is 40.3 Å². The normalized spacial score (nSPS) is 28.0. The second-order valence-corrected chi connectivity index (χ2v) is 5.70. The number of likely N-dealkylation sites (tertiary alicyclic amines) is 1. The zero-order chi connectivity index (χ0) is 13.2. The van der Waals surface area contributed by atoms with E-state index < -0.39 is 0 Å². The van der Waals surface area contributed by atoms with Gasteiger partial charge in [0.25, 0.3) is 0 Å². The van der Waals surface area contributed by atoms with Crippen LogP contribution in [0.15, 0.2) is 18.2 Å². The molecule has 2 aliphatic heterocycles. The zero-order valence-electron chi connectivity index (χ0n) is 11.2. The highest BCUT2D eigenvalue weighted by Gasteiger charge is 2.33. The number of nitrogens with zero attached hydrogens (tertiary/aromatic N) is 1. The summed E-state index contributed by atoms with van der Waals surface area (Å²) in [7, 11) is 0. The van der Waals surface area contributed by atoms with Crippen LogP contribution < -0.4 is 5.32 Å². The molecule has 2 heterocycles. The van der Waals surface area contributed by atoms with Gasteiger partial charge in [-0.2, -0.15) is 0 Å². The van der Waals surface area contributed by atoms with Crippen LogP contribution in [0.1, 0.15) is 31.2 Å². The Labute approximate surface area is 114 Å². The van der Waals surface area contributed by atoms with Crippen molar-refractivity contribution in [3.05, 3.63) is 23.8 Å². The molecule has 104 valence electrons. The average molecular weight is 262 g/mol. The van der Waals surface area contributed by atoms with Gasteiger partial charge < -0.3 is 15.5 Å². The molecule has 2 fully saturated rings. The van der Waals surface area contributed by atoms with Crippen molar-refractivity contribution in [1.29, 1.82) is 0 Å². The molecule has 4 nitrogen and oxygen atoms in total. The van der Waals surface area contributed by atoms with E-state index in [2.05, 4.69) is 10.2 Å². The molecule has 0 amide bonds. The van der Waals surface area contributed by atoms with Gasteiger partial charge in [0, 0.05) is 30.3 Å². The van der Waals surface area contributed by atoms with Crippen LogP contribution in [0.25, 0.3) is 0 Å². The molecule has 1 aromatic carbocycles. The number of aromatic hydroxyl groups is 2. The lowest BCUT2D eigenvalue weighted by Crippen LogP contribution is -2.43. The summed E-state index contributed by atoms with van der Waals surface area (Å²) >= 11 is 0. The summed E-state index contributed by atoms with van der Waals surface area (Å²) in [6, 6.07) is 6.10. The number of hydrogen-bond donors (Lipinski definition) is 3. The molecule has 0 spiro atoms. The van der Waals surface area contributed by atoms with E-state index in [4.69, 9.17) is 0 Å². The molecule has 1 aromatic rings. The number of hydrogen-bond acceptors (Lipinski definition) is 4. The highest BCUT2D eigenvalue weighted by Crippen LogP contribution is 2.29. The molecule has 4 heteroatoms. The second kappa shape index (κ2) is 5.39. The van der Waals surface area contributed by atoms with Gasteiger partial charge in [-0.15, -0.1) is 0 Å². The number of rotatable bonds is 3. The van der Waals surface area contributed by atoms with Crippen LogP contribution >= 0.6 is 0 Å². The molecule has 0 saturated carbocycles. The Morgan fingerprint density at radius 3 is 2.84 bits per heavy atom. The molecule has 3 N–H and O–H groups in total. The first-order chi connectivity index (χ1) is 9.24. The van der Waals surface area contributed by atoms with E-state index in [1.165, 1.54) is 31.7 Å². The average Bonchev–Trinajstić information content (AvgIpc) is 3.03. The van der Waals surface area contributed by atoms with Gasteiger partial charge in [0.2, 0.25) is 0 Å². The van der Waals surface area contributed by atoms with E-state index >= 15 is 0 Å². The summed E-state index contributed by atoms with van der Waals surface area (Å²) in [5.41, 5.74) is 0.905. The van der Waals surface area contributed by atoms with Gasteiger partial charge in [-0.1, -0.05) is 6.07 Å². The molecule has 2 unspecified atom stereocenters. The fourth-order valence-corrected chi connectivity index (χ4v) is 3.45. The van der Waals surface area contributed by atoms with Crippen LogP contribution in [0.3, 0.4) is 0 Å². The van der Waals surface area contributed by atoms with Crippen molar-refractivity contribution >= 4 is 0 Å². The fourth-order valence-electron chi connectivity index (χ4n) is 3.45. The summed E-state index contributed by atoms with van der Waals surface area (Å²) < 4.78 is 0. The third-order valence-corrected chi connectivity index (χ3v) is 4.42. The summed E-state index contributed by atoms with van der Waals surface area (Å²) in [5.74, 6) is 0.321. The predicted octanol–water partition coefficient (Wildman–Crippen LogP) is 1.81. The number of phenols is 2. The third kappa shape index (κ3) is 2.69. The van der Waals surface area contributed by atoms with E-state index in [0.717, 1.165) is 25.2 Å². The molecule has 0 radical (unpaired) electrons. The third-order valence-electron chi connectivity index (χ3n) is 4.42. The van der Waals surface area contributed by atoms with E-state index in [9.17, 15) is 10.2 Å². The van der Waals surface area contributed by atoms with Crippen molar-refractivity contribution in [1.82, 2.24) is 10.2 Å². The molecular formula is C15H22N2O2. The largest absolute Gasteiger partial charge is 0.508 e. The first-order valence-corrected chi connectivity index (χ1v) is 7.22. The lowest BCUT2D eigenvalue weighted by molar-refractivity contribution is 0.204. The highest BCUT2D eigenvalue weighted by atomic mass is 16.3. The van der Waals surface area contributed by atoms with E-state index in [-0.39, 0.29) is 11.5 Å². The van der Waals surface area contributed by atoms with Crippen LogP contribution in [0.4, 0.5) is 0 Å². The maximum Gasteiger partial charge on any atom is 0.123 e. The van der Waals surface area contributed by atoms with Gasteiger partial charge in [-0.05, 0) is 44.8 Å². The quantitative estimate of drug-likeness (QED) is 0.777. The first kappa shape index (κ1) is 12.8. The molecule has 2 atom stereocenters. The van der Waals surface area contributed by atoms with Gasteiger partial charge >= 0.3 is 0 Å². The Kier molecular flexibility index (Phi) is 3.62. The summed E-state index contributed by atoms with van der Waals surface area (Å²) in [4.78, 5) is 2.47. The Morgan fingerprint density at radius 1 is 1.21 bits per heavy atom. The van der Waals surface area contributed by atoms with E-state index in [1.807, 2.05) is 6.07 Å². The monoisotopic (exact) mass is 262 g/mol. The van der Waals surface area contributed by atoms with Crippen molar-refractivity contribution < 1.29 is 10.2 Å². The summed E-state index contributed by atoms with van der Waals surface area (Å²) in [6.07, 6.45) is 5.03. The van der Waals surface area contributed by atoms with Crippen LogP contribution in [0.5, 0.6) is 11.5 Å². The maximum atomic E-state index is 9.90. The Balaban J connectivity index is 1.70. The predicted molar refractivity (Wildman–Crippen MR) is 74.2 cm³/mol. The van der Waals surface area contributed by atoms with E-state index in [1.54, 1.807) is 6.07 Å². The molecule has 0 aliphatic carbocycles. The lowest BCUT2D eigenvalue weighted by Gasteiger charge is -2.29. The van der Waals surface area contributed by atoms with Crippen LogP contribution in [0.2, 0.25) is 0 Å². The van der Waals surface area contributed by atoms with Gasteiger partial charge in [0.05, 0.1) is 0 Å². The number of phenolic OH excluding ortho intramolecular Hbond substituents is 2. The summed E-state index contributed by atoms with van der Waals surface area (Å²) in [5, 5.41) is 22.8. The smallest absolute Gasteiger partial charge is 0.123 e. The number of benzene rings is 1. The second-order valence-electron chi connectivity index (χ2n) is 5.70. The topological polar surface area (TPSA) is 55.7 Å². The molecule has 2 aliphatic rings. The van der Waals surface area contributed by atoms with Crippen molar-refractivity contribution in [2.45, 2.75) is 44.3 Å². The van der Waals surface area contributed by atoms with Crippen molar-refractivity contribution in [2.24, 2.45) is 0 Å². The minimum Gasteiger partial charge on any atom is -0.508 e. The van der Waals surface area contributed by atoms with E-state index in [0.29, 0.717) is 12.1 Å². The molecule has 0 bridgehead atoms. The van der Waals surface area contributed by atoms with Gasteiger partial charge in [-0.25, -0.2) is 0 Å². The zero-order valence-corrected chi connectivity index (χ0v) is 11.2. The Bertz CT molecular complexity index is 444. The maximum absolute atomic E-state index is 9.90. The number of nitrogens with one attached hydrogen (secondary N) is 1. The Morgan fingerprint density at radius 2 is 2.11 bits per heavy atom. The van der Waals surface area contributed by atoms with Crippen molar-refractivity contribution in [3.8, 4) is 11.5 Å². The van der Waals surface area contributed by atoms with Crippen molar-refractivity contribution in [3.63, 3.8) is 0 Å². The standard InChI is InChI=1S/C15H22N2O2/c18-12-6-5-11(15(19)9-12)10-17-8-2-4-14(17)13-3-1-7-16-13/h5-6,9,13-14,16,18-19H,1-4,7-8,10H2. The highest BCUT2D eigenvalue weighted by molar-refractivity contribution is 5.38. The van der Waals surface area contributed by atoms with Crippen LogP contribution in [0, 0.1) is 0 Å². The molecule has 19 heavy (non-hydrogen) atoms. The molecule has 2 saturated heterocycles. The van der Waals surface area contributed by atoms with Gasteiger partial charge in [0.1, 0.15) is 11.5 Å². The van der Waals surface area contributed by atoms with Gasteiger partial charge in [0.15, 0.2) is 0 Å². The SMILES string of the molecule is Oc1ccc(CN2CCCC2C2CCCN2)c(O)c1. The fraction of sp³-hybridized carbons (Fsp3) is 0.600. The molecular weight excluding hydrogens is 240 g/mol. The molecule has 0 aromatic heterocycles. The Hall–Kier alpha value is -1.26. The molecule has 3 rings (SSSR count). The summed E-state index contributed by atoms with van der Waals surface area (Å²) in [6.45, 7) is 3.01. The minimum absolute atomic E-state index is 0.122. The van der Waals surface area contributed by atoms with Crippen LogP contribution in [-0.2, 0) is 6.54 Å². The lowest BCUT2D eigenvalue weighted by atomic mass is 10.0. The minimum atomic E-state index is 0.122. The van der Waals surface area contributed by atoms with Gasteiger partial charge in [-0.3, -0.25) is 4.90 Å². The first-order valence-electron chi connectivity index (χ1n) is 7.22.